The summed E-state index contributed by atoms with van der Waals surface area (Å²) in [5.74, 6) is -0.509. The Hall–Kier alpha value is -1.88. The number of aromatic nitrogens is 1. The van der Waals surface area contributed by atoms with Crippen LogP contribution in [0.15, 0.2) is 29.0 Å². The SMILES string of the molecule is Cc1ncoc1C(=O)N(C)Cc1ccc(F)cc1Cl. The Morgan fingerprint density at radius 2 is 2.26 bits per heavy atom. The number of aryl methyl sites for hydroxylation is 1. The van der Waals surface area contributed by atoms with Crippen molar-refractivity contribution in [3.63, 3.8) is 0 Å². The van der Waals surface area contributed by atoms with Gasteiger partial charge in [0.05, 0.1) is 5.69 Å². The minimum atomic E-state index is -0.409. The Bertz CT molecular complexity index is 612. The van der Waals surface area contributed by atoms with E-state index >= 15 is 0 Å². The van der Waals surface area contributed by atoms with E-state index in [0.717, 1.165) is 0 Å². The van der Waals surface area contributed by atoms with Gasteiger partial charge in [-0.3, -0.25) is 4.79 Å². The number of oxazole rings is 1. The Morgan fingerprint density at radius 3 is 2.84 bits per heavy atom. The van der Waals surface area contributed by atoms with Crippen molar-refractivity contribution in [3.05, 3.63) is 52.5 Å². The first-order valence-corrected chi connectivity index (χ1v) is 5.96. The summed E-state index contributed by atoms with van der Waals surface area (Å²) in [7, 11) is 1.62. The minimum Gasteiger partial charge on any atom is -0.438 e. The highest BCUT2D eigenvalue weighted by atomic mass is 35.5. The molecule has 0 radical (unpaired) electrons. The van der Waals surface area contributed by atoms with E-state index < -0.39 is 5.82 Å². The van der Waals surface area contributed by atoms with Crippen LogP contribution in [0, 0.1) is 12.7 Å². The molecular weight excluding hydrogens is 271 g/mol. The van der Waals surface area contributed by atoms with Gasteiger partial charge in [0.25, 0.3) is 5.91 Å². The van der Waals surface area contributed by atoms with Crippen LogP contribution in [0.1, 0.15) is 21.8 Å². The molecule has 0 unspecified atom stereocenters. The highest BCUT2D eigenvalue weighted by molar-refractivity contribution is 6.31. The van der Waals surface area contributed by atoms with Crippen molar-refractivity contribution in [3.8, 4) is 0 Å². The predicted molar refractivity (Wildman–Crippen MR) is 68.4 cm³/mol. The van der Waals surface area contributed by atoms with Gasteiger partial charge in [-0.2, -0.15) is 0 Å². The van der Waals surface area contributed by atoms with Gasteiger partial charge in [0, 0.05) is 18.6 Å². The Morgan fingerprint density at radius 1 is 1.53 bits per heavy atom. The Balaban J connectivity index is 2.15. The van der Waals surface area contributed by atoms with Crippen LogP contribution < -0.4 is 0 Å². The molecule has 4 nitrogen and oxygen atoms in total. The number of halogens is 2. The minimum absolute atomic E-state index is 0.195. The molecule has 0 saturated heterocycles. The first-order chi connectivity index (χ1) is 8.99. The molecule has 0 aliphatic rings. The number of carbonyl (C=O) groups excluding carboxylic acids is 1. The van der Waals surface area contributed by atoms with Gasteiger partial charge in [-0.05, 0) is 24.6 Å². The van der Waals surface area contributed by atoms with Crippen molar-refractivity contribution in [1.29, 1.82) is 0 Å². The Labute approximate surface area is 114 Å². The largest absolute Gasteiger partial charge is 0.438 e. The maximum atomic E-state index is 12.9. The molecule has 2 rings (SSSR count). The van der Waals surface area contributed by atoms with E-state index in [1.165, 1.54) is 23.4 Å². The maximum Gasteiger partial charge on any atom is 0.291 e. The smallest absolute Gasteiger partial charge is 0.291 e. The first-order valence-electron chi connectivity index (χ1n) is 5.58. The van der Waals surface area contributed by atoms with Gasteiger partial charge in [-0.25, -0.2) is 9.37 Å². The van der Waals surface area contributed by atoms with E-state index in [-0.39, 0.29) is 23.2 Å². The van der Waals surface area contributed by atoms with Crippen LogP contribution in [0.2, 0.25) is 5.02 Å². The van der Waals surface area contributed by atoms with Crippen molar-refractivity contribution >= 4 is 17.5 Å². The molecule has 1 aromatic heterocycles. The molecule has 0 aliphatic heterocycles. The lowest BCUT2D eigenvalue weighted by Gasteiger charge is -2.16. The molecule has 6 heteroatoms. The summed E-state index contributed by atoms with van der Waals surface area (Å²) in [5, 5.41) is 0.286. The average molecular weight is 283 g/mol. The normalized spacial score (nSPS) is 10.5. The summed E-state index contributed by atoms with van der Waals surface area (Å²) in [5.41, 5.74) is 1.19. The summed E-state index contributed by atoms with van der Waals surface area (Å²) < 4.78 is 18.0. The standard InChI is InChI=1S/C13H12ClFN2O2/c1-8-12(19-7-16-8)13(18)17(2)6-9-3-4-10(15)5-11(9)14/h3-5,7H,6H2,1-2H3. The fourth-order valence-electron chi connectivity index (χ4n) is 1.66. The third-order valence-corrected chi connectivity index (χ3v) is 3.06. The molecule has 1 amide bonds. The number of amides is 1. The molecule has 0 fully saturated rings. The molecular formula is C13H12ClFN2O2. The van der Waals surface area contributed by atoms with Gasteiger partial charge in [0.1, 0.15) is 5.82 Å². The van der Waals surface area contributed by atoms with Gasteiger partial charge >= 0.3 is 0 Å². The van der Waals surface area contributed by atoms with E-state index in [2.05, 4.69) is 4.98 Å². The fraction of sp³-hybridized carbons (Fsp3) is 0.231. The first kappa shape index (κ1) is 13.5. The monoisotopic (exact) mass is 282 g/mol. The summed E-state index contributed by atoms with van der Waals surface area (Å²) in [6.07, 6.45) is 1.22. The second kappa shape index (κ2) is 5.40. The van der Waals surface area contributed by atoms with Crippen molar-refractivity contribution in [2.24, 2.45) is 0 Å². The summed E-state index contributed by atoms with van der Waals surface area (Å²) in [4.78, 5) is 17.4. The van der Waals surface area contributed by atoms with Crippen molar-refractivity contribution in [2.75, 3.05) is 7.05 Å². The van der Waals surface area contributed by atoms with Gasteiger partial charge in [0.15, 0.2) is 6.39 Å². The quantitative estimate of drug-likeness (QED) is 0.869. The molecule has 1 aromatic carbocycles. The average Bonchev–Trinajstić information content (AvgIpc) is 2.78. The number of hydrogen-bond donors (Lipinski definition) is 0. The number of carbonyl (C=O) groups is 1. The fourth-order valence-corrected chi connectivity index (χ4v) is 1.88. The molecule has 19 heavy (non-hydrogen) atoms. The predicted octanol–water partition coefficient (Wildman–Crippen LogP) is 3.05. The molecule has 1 heterocycles. The highest BCUT2D eigenvalue weighted by Gasteiger charge is 2.19. The molecule has 0 atom stereocenters. The van der Waals surface area contributed by atoms with Crippen LogP contribution in [0.5, 0.6) is 0 Å². The van der Waals surface area contributed by atoms with E-state index in [1.54, 1.807) is 20.0 Å². The van der Waals surface area contributed by atoms with Crippen LogP contribution in [0.4, 0.5) is 4.39 Å². The molecule has 100 valence electrons. The third kappa shape index (κ3) is 2.93. The van der Waals surface area contributed by atoms with Gasteiger partial charge in [0.2, 0.25) is 5.76 Å². The van der Waals surface area contributed by atoms with Crippen LogP contribution >= 0.6 is 11.6 Å². The second-order valence-corrected chi connectivity index (χ2v) is 4.57. The van der Waals surface area contributed by atoms with Gasteiger partial charge < -0.3 is 9.32 Å². The zero-order valence-corrected chi connectivity index (χ0v) is 11.2. The van der Waals surface area contributed by atoms with Crippen LogP contribution in [-0.2, 0) is 6.54 Å². The molecule has 0 saturated carbocycles. The molecule has 0 bridgehead atoms. The third-order valence-electron chi connectivity index (χ3n) is 2.71. The van der Waals surface area contributed by atoms with Crippen LogP contribution in [0.25, 0.3) is 0 Å². The summed E-state index contributed by atoms with van der Waals surface area (Å²) >= 11 is 5.92. The molecule has 0 aliphatic carbocycles. The summed E-state index contributed by atoms with van der Waals surface area (Å²) in [6, 6.07) is 4.07. The van der Waals surface area contributed by atoms with Crippen molar-refractivity contribution in [2.45, 2.75) is 13.5 Å². The van der Waals surface area contributed by atoms with Crippen LogP contribution in [0.3, 0.4) is 0 Å². The van der Waals surface area contributed by atoms with Gasteiger partial charge in [-0.1, -0.05) is 17.7 Å². The van der Waals surface area contributed by atoms with Crippen molar-refractivity contribution in [1.82, 2.24) is 9.88 Å². The number of hydrogen-bond acceptors (Lipinski definition) is 3. The zero-order chi connectivity index (χ0) is 14.0. The van der Waals surface area contributed by atoms with Gasteiger partial charge in [-0.15, -0.1) is 0 Å². The lowest BCUT2D eigenvalue weighted by atomic mass is 10.2. The second-order valence-electron chi connectivity index (χ2n) is 4.16. The summed E-state index contributed by atoms with van der Waals surface area (Å²) in [6.45, 7) is 1.95. The van der Waals surface area contributed by atoms with E-state index in [9.17, 15) is 9.18 Å². The van der Waals surface area contributed by atoms with E-state index in [0.29, 0.717) is 11.3 Å². The van der Waals surface area contributed by atoms with E-state index in [4.69, 9.17) is 16.0 Å². The maximum absolute atomic E-state index is 12.9. The van der Waals surface area contributed by atoms with Crippen molar-refractivity contribution < 1.29 is 13.6 Å². The lowest BCUT2D eigenvalue weighted by Crippen LogP contribution is -2.26. The van der Waals surface area contributed by atoms with Crippen LogP contribution in [-0.4, -0.2) is 22.8 Å². The molecule has 0 spiro atoms. The molecule has 0 N–H and O–H groups in total. The Kier molecular flexibility index (Phi) is 3.85. The number of benzene rings is 1. The molecule has 2 aromatic rings. The number of rotatable bonds is 3. The van der Waals surface area contributed by atoms with E-state index in [1.807, 2.05) is 0 Å². The highest BCUT2D eigenvalue weighted by Crippen LogP contribution is 2.19. The topological polar surface area (TPSA) is 46.3 Å². The number of nitrogens with zero attached hydrogens (tertiary/aromatic N) is 2. The zero-order valence-electron chi connectivity index (χ0n) is 10.5. The lowest BCUT2D eigenvalue weighted by molar-refractivity contribution is 0.0752.